The Kier molecular flexibility index (Phi) is 4.34. The van der Waals surface area contributed by atoms with Gasteiger partial charge in [-0.15, -0.1) is 0 Å². The van der Waals surface area contributed by atoms with E-state index >= 15 is 0 Å². The number of hydrogen-bond acceptors (Lipinski definition) is 4. The fraction of sp³-hybridized carbons (Fsp3) is 0.412. The van der Waals surface area contributed by atoms with Crippen molar-refractivity contribution >= 4 is 5.91 Å². The predicted octanol–water partition coefficient (Wildman–Crippen LogP) is 1.69. The smallest absolute Gasteiger partial charge is 0.257 e. The molecule has 0 aliphatic carbocycles. The lowest BCUT2D eigenvalue weighted by Gasteiger charge is -2.29. The van der Waals surface area contributed by atoms with Crippen LogP contribution in [-0.4, -0.2) is 52.0 Å². The summed E-state index contributed by atoms with van der Waals surface area (Å²) in [6.45, 7) is 1.14. The van der Waals surface area contributed by atoms with Gasteiger partial charge in [-0.25, -0.2) is 0 Å². The Morgan fingerprint density at radius 3 is 2.70 bits per heavy atom. The van der Waals surface area contributed by atoms with Gasteiger partial charge in [0.05, 0.1) is 18.8 Å². The molecule has 0 unspecified atom stereocenters. The van der Waals surface area contributed by atoms with Gasteiger partial charge in [0.15, 0.2) is 0 Å². The first-order valence-electron chi connectivity index (χ1n) is 7.74. The number of carbonyl (C=O) groups is 1. The number of methoxy groups -OCH3 is 1. The van der Waals surface area contributed by atoms with E-state index < -0.39 is 0 Å². The van der Waals surface area contributed by atoms with Crippen molar-refractivity contribution < 1.29 is 14.6 Å². The summed E-state index contributed by atoms with van der Waals surface area (Å²) in [5.74, 6) is 0.639. The molecule has 0 atom stereocenters. The number of aliphatic hydroxyl groups excluding tert-OH is 1. The predicted molar refractivity (Wildman–Crippen MR) is 86.3 cm³/mol. The maximum atomic E-state index is 12.9. The van der Waals surface area contributed by atoms with Crippen molar-refractivity contribution in [1.82, 2.24) is 14.7 Å². The maximum Gasteiger partial charge on any atom is 0.257 e. The minimum absolute atomic E-state index is 0.0501. The summed E-state index contributed by atoms with van der Waals surface area (Å²) in [7, 11) is 3.41. The highest BCUT2D eigenvalue weighted by Gasteiger charge is 2.27. The van der Waals surface area contributed by atoms with E-state index in [1.165, 1.54) is 0 Å². The number of ether oxygens (including phenoxy) is 1. The fourth-order valence-corrected chi connectivity index (χ4v) is 2.92. The van der Waals surface area contributed by atoms with Crippen LogP contribution in [0.2, 0.25) is 0 Å². The number of aliphatic hydroxyl groups is 1. The van der Waals surface area contributed by atoms with Crippen LogP contribution in [0.3, 0.4) is 0 Å². The van der Waals surface area contributed by atoms with Crippen molar-refractivity contribution in [2.75, 3.05) is 20.2 Å². The second-order valence-electron chi connectivity index (χ2n) is 5.79. The second-order valence-corrected chi connectivity index (χ2v) is 5.79. The molecule has 1 fully saturated rings. The van der Waals surface area contributed by atoms with Gasteiger partial charge in [-0.2, -0.15) is 5.10 Å². The number of rotatable bonds is 3. The van der Waals surface area contributed by atoms with E-state index in [-0.39, 0.29) is 12.0 Å². The molecule has 2 aromatic rings. The van der Waals surface area contributed by atoms with Crippen molar-refractivity contribution in [2.24, 2.45) is 7.05 Å². The zero-order valence-corrected chi connectivity index (χ0v) is 13.4. The van der Waals surface area contributed by atoms with Gasteiger partial charge in [0.25, 0.3) is 5.91 Å². The van der Waals surface area contributed by atoms with Crippen LogP contribution in [0.1, 0.15) is 23.2 Å². The molecule has 122 valence electrons. The van der Waals surface area contributed by atoms with Crippen LogP contribution < -0.4 is 4.74 Å². The minimum Gasteiger partial charge on any atom is -0.496 e. The zero-order valence-electron chi connectivity index (χ0n) is 13.4. The van der Waals surface area contributed by atoms with Crippen molar-refractivity contribution in [3.8, 4) is 17.0 Å². The Morgan fingerprint density at radius 2 is 2.00 bits per heavy atom. The topological polar surface area (TPSA) is 67.6 Å². The van der Waals surface area contributed by atoms with Crippen LogP contribution in [-0.2, 0) is 7.05 Å². The first-order chi connectivity index (χ1) is 11.1. The number of para-hydroxylation sites is 1. The number of likely N-dealkylation sites (tertiary alicyclic amines) is 1. The number of carbonyl (C=O) groups excluding carboxylic acids is 1. The van der Waals surface area contributed by atoms with E-state index in [2.05, 4.69) is 5.10 Å². The number of piperidine rings is 1. The molecule has 1 amide bonds. The average molecular weight is 315 g/mol. The third-order valence-electron chi connectivity index (χ3n) is 4.17. The molecule has 3 rings (SSSR count). The Labute approximate surface area is 135 Å². The number of amides is 1. The normalized spacial score (nSPS) is 15.7. The molecule has 1 saturated heterocycles. The van der Waals surface area contributed by atoms with Crippen LogP contribution in [0, 0.1) is 0 Å². The lowest BCUT2D eigenvalue weighted by Crippen LogP contribution is -2.40. The van der Waals surface area contributed by atoms with Gasteiger partial charge in [-0.1, -0.05) is 12.1 Å². The first kappa shape index (κ1) is 15.6. The van der Waals surface area contributed by atoms with Crippen LogP contribution in [0.25, 0.3) is 11.3 Å². The molecule has 0 radical (unpaired) electrons. The van der Waals surface area contributed by atoms with Gasteiger partial charge < -0.3 is 14.7 Å². The zero-order chi connectivity index (χ0) is 16.4. The van der Waals surface area contributed by atoms with Crippen molar-refractivity contribution in [3.63, 3.8) is 0 Å². The van der Waals surface area contributed by atoms with E-state index in [1.807, 2.05) is 24.3 Å². The van der Waals surface area contributed by atoms with Gasteiger partial charge in [0.2, 0.25) is 0 Å². The molecule has 0 bridgehead atoms. The Hall–Kier alpha value is -2.34. The van der Waals surface area contributed by atoms with E-state index in [4.69, 9.17) is 4.74 Å². The summed E-state index contributed by atoms with van der Waals surface area (Å²) in [6, 6.07) is 7.55. The number of nitrogens with zero attached hydrogens (tertiary/aromatic N) is 3. The number of benzene rings is 1. The molecule has 1 aliphatic rings. The summed E-state index contributed by atoms with van der Waals surface area (Å²) in [5, 5.41) is 14.1. The molecule has 1 aliphatic heterocycles. The summed E-state index contributed by atoms with van der Waals surface area (Å²) >= 11 is 0. The van der Waals surface area contributed by atoms with E-state index in [0.29, 0.717) is 42.9 Å². The van der Waals surface area contributed by atoms with Crippen LogP contribution in [0.4, 0.5) is 0 Å². The molecule has 6 nitrogen and oxygen atoms in total. The third kappa shape index (κ3) is 3.07. The lowest BCUT2D eigenvalue weighted by atomic mass is 10.0. The average Bonchev–Trinajstić information content (AvgIpc) is 2.96. The molecule has 0 saturated carbocycles. The summed E-state index contributed by atoms with van der Waals surface area (Å²) in [4.78, 5) is 14.6. The summed E-state index contributed by atoms with van der Waals surface area (Å²) < 4.78 is 7.04. The fourth-order valence-electron chi connectivity index (χ4n) is 2.92. The summed E-state index contributed by atoms with van der Waals surface area (Å²) in [6.07, 6.45) is 2.68. The Balaban J connectivity index is 1.96. The maximum absolute atomic E-state index is 12.9. The molecular weight excluding hydrogens is 294 g/mol. The van der Waals surface area contributed by atoms with Crippen molar-refractivity contribution in [3.05, 3.63) is 36.0 Å². The highest BCUT2D eigenvalue weighted by Crippen LogP contribution is 2.31. The molecule has 6 heteroatoms. The summed E-state index contributed by atoms with van der Waals surface area (Å²) in [5.41, 5.74) is 1.99. The van der Waals surface area contributed by atoms with Crippen molar-refractivity contribution in [2.45, 2.75) is 18.9 Å². The standard InChI is InChI=1S/C17H21N3O3/c1-19-11-14(17(22)20-9-7-12(21)8-10-20)16(18-19)13-5-3-4-6-15(13)23-2/h3-6,11-12,21H,7-10H2,1-2H3. The SMILES string of the molecule is COc1ccccc1-c1nn(C)cc1C(=O)N1CCC(O)CC1. The van der Waals surface area contributed by atoms with E-state index in [9.17, 15) is 9.90 Å². The largest absolute Gasteiger partial charge is 0.496 e. The van der Waals surface area contributed by atoms with Crippen LogP contribution in [0.15, 0.2) is 30.5 Å². The quantitative estimate of drug-likeness (QED) is 0.936. The van der Waals surface area contributed by atoms with E-state index in [1.54, 1.807) is 29.9 Å². The van der Waals surface area contributed by atoms with Gasteiger partial charge in [-0.3, -0.25) is 9.48 Å². The van der Waals surface area contributed by atoms with Gasteiger partial charge in [-0.05, 0) is 25.0 Å². The number of aryl methyl sites for hydroxylation is 1. The number of hydrogen-bond donors (Lipinski definition) is 1. The molecule has 0 spiro atoms. The second kappa shape index (κ2) is 6.42. The van der Waals surface area contributed by atoms with Crippen molar-refractivity contribution in [1.29, 1.82) is 0 Å². The first-order valence-corrected chi connectivity index (χ1v) is 7.74. The molecule has 2 heterocycles. The van der Waals surface area contributed by atoms with Crippen LogP contribution in [0.5, 0.6) is 5.75 Å². The molecule has 1 aromatic heterocycles. The van der Waals surface area contributed by atoms with Gasteiger partial charge in [0.1, 0.15) is 11.4 Å². The van der Waals surface area contributed by atoms with E-state index in [0.717, 1.165) is 5.56 Å². The number of aromatic nitrogens is 2. The molecular formula is C17H21N3O3. The third-order valence-corrected chi connectivity index (χ3v) is 4.17. The Morgan fingerprint density at radius 1 is 1.30 bits per heavy atom. The highest BCUT2D eigenvalue weighted by molar-refractivity contribution is 6.00. The Bertz CT molecular complexity index is 703. The lowest BCUT2D eigenvalue weighted by molar-refractivity contribution is 0.0547. The minimum atomic E-state index is -0.304. The molecule has 1 N–H and O–H groups in total. The van der Waals surface area contributed by atoms with Gasteiger partial charge in [0, 0.05) is 31.9 Å². The highest BCUT2D eigenvalue weighted by atomic mass is 16.5. The molecule has 1 aromatic carbocycles. The van der Waals surface area contributed by atoms with Crippen LogP contribution >= 0.6 is 0 Å². The monoisotopic (exact) mass is 315 g/mol. The van der Waals surface area contributed by atoms with Gasteiger partial charge >= 0.3 is 0 Å². The molecule has 23 heavy (non-hydrogen) atoms.